The summed E-state index contributed by atoms with van der Waals surface area (Å²) in [4.78, 5) is 12.2. The maximum Gasteiger partial charge on any atom is 0.167 e. The van der Waals surface area contributed by atoms with Gasteiger partial charge in [0, 0.05) is 16.5 Å². The molecule has 1 fully saturated rings. The molecule has 8 nitrogen and oxygen atoms in total. The van der Waals surface area contributed by atoms with Gasteiger partial charge in [-0.25, -0.2) is 15.0 Å². The average molecular weight is 408 g/mol. The molecular formula is C17H18ClN5O3S. The number of aromatic nitrogens is 4. The quantitative estimate of drug-likeness (QED) is 0.583. The van der Waals surface area contributed by atoms with Gasteiger partial charge in [0.25, 0.3) is 0 Å². The maximum atomic E-state index is 10.5. The Hall–Kier alpha value is -1.91. The number of hydrogen-bond donors (Lipinski definition) is 3. The van der Waals surface area contributed by atoms with Crippen LogP contribution in [0.15, 0.2) is 36.9 Å². The number of anilines is 1. The third-order valence-corrected chi connectivity index (χ3v) is 5.82. The fourth-order valence-electron chi connectivity index (χ4n) is 3.03. The highest BCUT2D eigenvalue weighted by Crippen LogP contribution is 2.33. The summed E-state index contributed by atoms with van der Waals surface area (Å²) in [7, 11) is 0. The number of thioether (sulfide) groups is 1. The lowest BCUT2D eigenvalue weighted by Gasteiger charge is -2.16. The van der Waals surface area contributed by atoms with Gasteiger partial charge in [-0.15, -0.1) is 0 Å². The summed E-state index contributed by atoms with van der Waals surface area (Å²) in [6.07, 6.45) is -0.601. The first kappa shape index (κ1) is 18.5. The van der Waals surface area contributed by atoms with Crippen LogP contribution in [0.2, 0.25) is 5.02 Å². The summed E-state index contributed by atoms with van der Waals surface area (Å²) in [5.41, 5.74) is 7.81. The second-order valence-corrected chi connectivity index (χ2v) is 7.74. The molecule has 142 valence electrons. The van der Waals surface area contributed by atoms with Crippen LogP contribution in [0.3, 0.4) is 0 Å². The fraction of sp³-hybridized carbons (Fsp3) is 0.353. The van der Waals surface area contributed by atoms with E-state index < -0.39 is 24.5 Å². The fourth-order valence-corrected chi connectivity index (χ4v) is 4.21. The third-order valence-electron chi connectivity index (χ3n) is 4.46. The number of benzene rings is 1. The Labute approximate surface area is 164 Å². The van der Waals surface area contributed by atoms with E-state index in [9.17, 15) is 10.2 Å². The highest BCUT2D eigenvalue weighted by Gasteiger charge is 2.44. The van der Waals surface area contributed by atoms with Gasteiger partial charge in [0.05, 0.1) is 12.4 Å². The molecule has 3 aromatic rings. The molecule has 2 aromatic heterocycles. The Morgan fingerprint density at radius 2 is 1.93 bits per heavy atom. The zero-order valence-corrected chi connectivity index (χ0v) is 15.7. The van der Waals surface area contributed by atoms with Gasteiger partial charge in [0.1, 0.15) is 24.1 Å². The lowest BCUT2D eigenvalue weighted by molar-refractivity contribution is -0.0289. The minimum atomic E-state index is -1.10. The Morgan fingerprint density at radius 3 is 2.70 bits per heavy atom. The first-order valence-corrected chi connectivity index (χ1v) is 9.84. The van der Waals surface area contributed by atoms with E-state index in [4.69, 9.17) is 22.1 Å². The number of nitrogens with zero attached hydrogens (tertiary/aromatic N) is 4. The lowest BCUT2D eigenvalue weighted by atomic mass is 10.1. The van der Waals surface area contributed by atoms with Crippen molar-refractivity contribution in [3.8, 4) is 0 Å². The molecule has 1 aliphatic rings. The molecule has 0 bridgehead atoms. The molecule has 27 heavy (non-hydrogen) atoms. The zero-order valence-electron chi connectivity index (χ0n) is 14.1. The molecule has 1 aromatic carbocycles. The van der Waals surface area contributed by atoms with Gasteiger partial charge in [0.15, 0.2) is 17.7 Å². The largest absolute Gasteiger partial charge is 0.387 e. The second kappa shape index (κ2) is 7.61. The smallest absolute Gasteiger partial charge is 0.167 e. The van der Waals surface area contributed by atoms with Crippen LogP contribution in [-0.2, 0) is 10.5 Å². The highest BCUT2D eigenvalue weighted by atomic mass is 35.5. The number of fused-ring (bicyclic) bond motifs is 1. The van der Waals surface area contributed by atoms with E-state index in [1.807, 2.05) is 24.3 Å². The monoisotopic (exact) mass is 407 g/mol. The van der Waals surface area contributed by atoms with Gasteiger partial charge in [-0.1, -0.05) is 23.7 Å². The van der Waals surface area contributed by atoms with Gasteiger partial charge < -0.3 is 20.7 Å². The molecule has 0 spiro atoms. The molecule has 0 unspecified atom stereocenters. The standard InChI is InChI=1S/C17H18ClN5O3S/c18-10-3-1-9(2-4-10)5-27-6-11-13(24)14(25)17(26-11)23-8-22-12-15(19)20-7-21-16(12)23/h1-4,7-8,11,13-14,17,24-25H,5-6H2,(H2,19,20,21)/t11-,13-,14-,17-/m1/s1. The molecule has 0 saturated carbocycles. The van der Waals surface area contributed by atoms with E-state index in [1.165, 1.54) is 12.7 Å². The summed E-state index contributed by atoms with van der Waals surface area (Å²) in [6, 6.07) is 7.60. The Kier molecular flexibility index (Phi) is 5.20. The van der Waals surface area contributed by atoms with Crippen molar-refractivity contribution in [2.45, 2.75) is 30.3 Å². The Morgan fingerprint density at radius 1 is 1.15 bits per heavy atom. The van der Waals surface area contributed by atoms with Crippen molar-refractivity contribution in [1.29, 1.82) is 0 Å². The maximum absolute atomic E-state index is 10.5. The minimum Gasteiger partial charge on any atom is -0.387 e. The van der Waals surface area contributed by atoms with Crippen LogP contribution < -0.4 is 5.73 Å². The third kappa shape index (κ3) is 3.61. The van der Waals surface area contributed by atoms with Crippen LogP contribution in [0.1, 0.15) is 11.8 Å². The number of ether oxygens (including phenoxy) is 1. The van der Waals surface area contributed by atoms with Crippen LogP contribution >= 0.6 is 23.4 Å². The molecule has 0 amide bonds. The summed E-state index contributed by atoms with van der Waals surface area (Å²) in [6.45, 7) is 0. The number of nitrogens with two attached hydrogens (primary N) is 1. The van der Waals surface area contributed by atoms with Crippen molar-refractivity contribution >= 4 is 40.3 Å². The highest BCUT2D eigenvalue weighted by molar-refractivity contribution is 7.98. The van der Waals surface area contributed by atoms with Crippen molar-refractivity contribution in [1.82, 2.24) is 19.5 Å². The molecule has 4 rings (SSSR count). The summed E-state index contributed by atoms with van der Waals surface area (Å²) in [5, 5.41) is 21.5. The van der Waals surface area contributed by atoms with E-state index in [1.54, 1.807) is 16.3 Å². The predicted molar refractivity (Wildman–Crippen MR) is 103 cm³/mol. The number of hydrogen-bond acceptors (Lipinski definition) is 8. The van der Waals surface area contributed by atoms with Crippen molar-refractivity contribution in [3.05, 3.63) is 47.5 Å². The molecule has 4 atom stereocenters. The number of nitrogen functional groups attached to an aromatic ring is 1. The van der Waals surface area contributed by atoms with Crippen molar-refractivity contribution in [2.24, 2.45) is 0 Å². The molecular weight excluding hydrogens is 390 g/mol. The van der Waals surface area contributed by atoms with Crippen LogP contribution in [-0.4, -0.2) is 53.8 Å². The normalized spacial score (nSPS) is 25.3. The molecule has 4 N–H and O–H groups in total. The molecule has 10 heteroatoms. The molecule has 3 heterocycles. The van der Waals surface area contributed by atoms with Crippen LogP contribution in [0.5, 0.6) is 0 Å². The summed E-state index contributed by atoms with van der Waals surface area (Å²) < 4.78 is 7.49. The molecule has 0 aliphatic carbocycles. The van der Waals surface area contributed by atoms with Crippen LogP contribution in [0, 0.1) is 0 Å². The molecule has 1 aliphatic heterocycles. The second-order valence-electron chi connectivity index (χ2n) is 6.27. The predicted octanol–water partition coefficient (Wildman–Crippen LogP) is 1.61. The van der Waals surface area contributed by atoms with Crippen molar-refractivity contribution in [2.75, 3.05) is 11.5 Å². The van der Waals surface area contributed by atoms with Crippen LogP contribution in [0.25, 0.3) is 11.2 Å². The Bertz CT molecular complexity index is 938. The van der Waals surface area contributed by atoms with E-state index in [0.717, 1.165) is 11.3 Å². The van der Waals surface area contributed by atoms with Gasteiger partial charge >= 0.3 is 0 Å². The summed E-state index contributed by atoms with van der Waals surface area (Å²) in [5.74, 6) is 1.53. The topological polar surface area (TPSA) is 119 Å². The number of rotatable bonds is 5. The average Bonchev–Trinajstić information content (AvgIpc) is 3.21. The van der Waals surface area contributed by atoms with E-state index in [0.29, 0.717) is 21.9 Å². The van der Waals surface area contributed by atoms with Gasteiger partial charge in [0.2, 0.25) is 0 Å². The first-order chi connectivity index (χ1) is 13.0. The number of aliphatic hydroxyl groups is 2. The van der Waals surface area contributed by atoms with Crippen LogP contribution in [0.4, 0.5) is 5.82 Å². The number of aliphatic hydroxyl groups excluding tert-OH is 2. The van der Waals surface area contributed by atoms with E-state index in [2.05, 4.69) is 15.0 Å². The van der Waals surface area contributed by atoms with E-state index in [-0.39, 0.29) is 5.82 Å². The number of imidazole rings is 1. The Balaban J connectivity index is 1.44. The minimum absolute atomic E-state index is 0.252. The van der Waals surface area contributed by atoms with E-state index >= 15 is 0 Å². The zero-order chi connectivity index (χ0) is 19.0. The van der Waals surface area contributed by atoms with Gasteiger partial charge in [-0.2, -0.15) is 11.8 Å². The van der Waals surface area contributed by atoms with Gasteiger partial charge in [-0.3, -0.25) is 4.57 Å². The van der Waals surface area contributed by atoms with Crippen molar-refractivity contribution < 1.29 is 14.9 Å². The molecule has 0 radical (unpaired) electrons. The van der Waals surface area contributed by atoms with Gasteiger partial charge in [-0.05, 0) is 17.7 Å². The molecule has 1 saturated heterocycles. The summed E-state index contributed by atoms with van der Waals surface area (Å²) >= 11 is 7.50. The number of halogens is 1. The lowest BCUT2D eigenvalue weighted by Crippen LogP contribution is -2.32. The van der Waals surface area contributed by atoms with Crippen molar-refractivity contribution in [3.63, 3.8) is 0 Å². The SMILES string of the molecule is Nc1ncnc2c1ncn2[C@@H]1O[C@H](CSCc2ccc(Cl)cc2)[C@@H](O)[C@H]1O. The first-order valence-electron chi connectivity index (χ1n) is 8.31.